The zero-order valence-corrected chi connectivity index (χ0v) is 16.6. The van der Waals surface area contributed by atoms with Gasteiger partial charge in [-0.2, -0.15) is 0 Å². The standard InChI is InChI=1S/C20H30BrNO3/c21-13-9-7-5-3-1-2-4-6-8-10-14-22-19(23)17-15-11-12-16(25-15)18(17)20(22)24/h11-12,15-18H,1-10,13-14H2. The minimum atomic E-state index is -0.243. The molecule has 2 bridgehead atoms. The lowest BCUT2D eigenvalue weighted by Crippen LogP contribution is -2.35. The molecule has 0 N–H and O–H groups in total. The zero-order valence-electron chi connectivity index (χ0n) is 15.0. The monoisotopic (exact) mass is 411 g/mol. The summed E-state index contributed by atoms with van der Waals surface area (Å²) in [4.78, 5) is 26.5. The predicted molar refractivity (Wildman–Crippen MR) is 101 cm³/mol. The molecular formula is C20H30BrNO3. The summed E-state index contributed by atoms with van der Waals surface area (Å²) in [5.74, 6) is -0.496. The van der Waals surface area contributed by atoms with Gasteiger partial charge in [0, 0.05) is 11.9 Å². The first-order chi connectivity index (χ1) is 12.2. The number of carbonyl (C=O) groups is 2. The number of amides is 2. The van der Waals surface area contributed by atoms with Crippen molar-refractivity contribution in [1.29, 1.82) is 0 Å². The number of hydrogen-bond donors (Lipinski definition) is 0. The lowest BCUT2D eigenvalue weighted by atomic mass is 9.85. The van der Waals surface area contributed by atoms with E-state index < -0.39 is 0 Å². The Hall–Kier alpha value is -0.680. The molecule has 5 heteroatoms. The van der Waals surface area contributed by atoms with Gasteiger partial charge >= 0.3 is 0 Å². The topological polar surface area (TPSA) is 46.6 Å². The highest BCUT2D eigenvalue weighted by molar-refractivity contribution is 9.09. The molecule has 0 aromatic heterocycles. The number of halogens is 1. The Bertz CT molecular complexity index is 477. The Morgan fingerprint density at radius 1 is 0.760 bits per heavy atom. The molecule has 0 aromatic carbocycles. The number of carbonyl (C=O) groups excluding carboxylic acids is 2. The Kier molecular flexibility index (Phi) is 7.11. The van der Waals surface area contributed by atoms with E-state index in [1.807, 2.05) is 12.2 Å². The Morgan fingerprint density at radius 2 is 1.20 bits per heavy atom. The summed E-state index contributed by atoms with van der Waals surface area (Å²) >= 11 is 3.47. The molecule has 4 nitrogen and oxygen atoms in total. The molecule has 0 spiro atoms. The van der Waals surface area contributed by atoms with E-state index in [4.69, 9.17) is 4.74 Å². The molecule has 3 aliphatic heterocycles. The van der Waals surface area contributed by atoms with Gasteiger partial charge in [0.25, 0.3) is 0 Å². The van der Waals surface area contributed by atoms with Gasteiger partial charge in [-0.3, -0.25) is 14.5 Å². The second-order valence-corrected chi connectivity index (χ2v) is 8.35. The van der Waals surface area contributed by atoms with Crippen molar-refractivity contribution in [2.75, 3.05) is 11.9 Å². The number of fused-ring (bicyclic) bond motifs is 5. The van der Waals surface area contributed by atoms with Crippen molar-refractivity contribution in [2.24, 2.45) is 11.8 Å². The van der Waals surface area contributed by atoms with Crippen molar-refractivity contribution >= 4 is 27.7 Å². The molecule has 0 saturated carbocycles. The molecule has 25 heavy (non-hydrogen) atoms. The Morgan fingerprint density at radius 3 is 1.68 bits per heavy atom. The summed E-state index contributed by atoms with van der Waals surface area (Å²) in [6, 6.07) is 0. The van der Waals surface area contributed by atoms with Crippen LogP contribution in [0.1, 0.15) is 64.2 Å². The van der Waals surface area contributed by atoms with E-state index in [0.717, 1.165) is 18.2 Å². The number of likely N-dealkylation sites (tertiary alicyclic amines) is 1. The van der Waals surface area contributed by atoms with Crippen LogP contribution in [-0.2, 0) is 14.3 Å². The van der Waals surface area contributed by atoms with Crippen LogP contribution in [0.3, 0.4) is 0 Å². The molecular weight excluding hydrogens is 382 g/mol. The third-order valence-electron chi connectivity index (χ3n) is 5.77. The lowest BCUT2D eigenvalue weighted by Gasteiger charge is -2.17. The second-order valence-electron chi connectivity index (χ2n) is 7.55. The first kappa shape index (κ1) is 19.1. The van der Waals surface area contributed by atoms with E-state index in [-0.39, 0.29) is 35.9 Å². The number of ether oxygens (including phenoxy) is 1. The molecule has 0 aromatic rings. The molecule has 3 rings (SSSR count). The van der Waals surface area contributed by atoms with Gasteiger partial charge in [0.15, 0.2) is 0 Å². The maximum Gasteiger partial charge on any atom is 0.236 e. The van der Waals surface area contributed by atoms with E-state index in [1.54, 1.807) is 0 Å². The fraction of sp³-hybridized carbons (Fsp3) is 0.800. The average Bonchev–Trinajstić information content (AvgIpc) is 3.28. The third kappa shape index (κ3) is 4.36. The highest BCUT2D eigenvalue weighted by Gasteiger charge is 2.60. The normalized spacial score (nSPS) is 29.9. The van der Waals surface area contributed by atoms with Crippen LogP contribution in [0.4, 0.5) is 0 Å². The van der Waals surface area contributed by atoms with Crippen LogP contribution in [0.15, 0.2) is 12.2 Å². The molecule has 2 fully saturated rings. The van der Waals surface area contributed by atoms with E-state index in [9.17, 15) is 9.59 Å². The number of rotatable bonds is 12. The van der Waals surface area contributed by atoms with E-state index in [1.165, 1.54) is 56.3 Å². The van der Waals surface area contributed by atoms with Crippen molar-refractivity contribution in [3.05, 3.63) is 12.2 Å². The summed E-state index contributed by atoms with van der Waals surface area (Å²) in [5.41, 5.74) is 0. The maximum atomic E-state index is 12.5. The van der Waals surface area contributed by atoms with Gasteiger partial charge in [0.1, 0.15) is 0 Å². The van der Waals surface area contributed by atoms with Crippen molar-refractivity contribution in [2.45, 2.75) is 76.4 Å². The molecule has 2 amide bonds. The van der Waals surface area contributed by atoms with Crippen LogP contribution >= 0.6 is 15.9 Å². The van der Waals surface area contributed by atoms with E-state index in [2.05, 4.69) is 15.9 Å². The van der Waals surface area contributed by atoms with Crippen LogP contribution in [0, 0.1) is 11.8 Å². The van der Waals surface area contributed by atoms with Gasteiger partial charge in [0.2, 0.25) is 11.8 Å². The van der Waals surface area contributed by atoms with Gasteiger partial charge in [-0.1, -0.05) is 79.4 Å². The second kappa shape index (κ2) is 9.31. The first-order valence-electron chi connectivity index (χ1n) is 9.99. The van der Waals surface area contributed by atoms with Gasteiger partial charge in [-0.15, -0.1) is 0 Å². The number of alkyl halides is 1. The van der Waals surface area contributed by atoms with Crippen LogP contribution in [0.2, 0.25) is 0 Å². The smallest absolute Gasteiger partial charge is 0.236 e. The maximum absolute atomic E-state index is 12.5. The minimum absolute atomic E-state index is 0.00432. The summed E-state index contributed by atoms with van der Waals surface area (Å²) < 4.78 is 5.66. The van der Waals surface area contributed by atoms with Crippen molar-refractivity contribution in [1.82, 2.24) is 4.90 Å². The van der Waals surface area contributed by atoms with Gasteiger partial charge in [-0.25, -0.2) is 0 Å². The molecule has 0 radical (unpaired) electrons. The van der Waals surface area contributed by atoms with Crippen molar-refractivity contribution in [3.8, 4) is 0 Å². The quantitative estimate of drug-likeness (QED) is 0.209. The van der Waals surface area contributed by atoms with Gasteiger partial charge in [-0.05, 0) is 12.8 Å². The number of unbranched alkanes of at least 4 members (excludes halogenated alkanes) is 9. The number of nitrogens with zero attached hydrogens (tertiary/aromatic N) is 1. The SMILES string of the molecule is O=C1C2C3C=CC(O3)C2C(=O)N1CCCCCCCCCCCCBr. The molecule has 0 aliphatic carbocycles. The molecule has 3 aliphatic rings. The first-order valence-corrected chi connectivity index (χ1v) is 11.1. The highest BCUT2D eigenvalue weighted by Crippen LogP contribution is 2.45. The fourth-order valence-corrected chi connectivity index (χ4v) is 4.76. The van der Waals surface area contributed by atoms with Crippen LogP contribution in [0.5, 0.6) is 0 Å². The molecule has 4 atom stereocenters. The minimum Gasteiger partial charge on any atom is -0.365 e. The molecule has 140 valence electrons. The molecule has 4 unspecified atom stereocenters. The van der Waals surface area contributed by atoms with Gasteiger partial charge in [0.05, 0.1) is 24.0 Å². The number of hydrogen-bond acceptors (Lipinski definition) is 3. The summed E-state index contributed by atoms with van der Waals surface area (Å²) in [5, 5.41) is 1.13. The van der Waals surface area contributed by atoms with Crippen LogP contribution < -0.4 is 0 Å². The predicted octanol–water partition coefficient (Wildman–Crippen LogP) is 4.22. The molecule has 2 saturated heterocycles. The third-order valence-corrected chi connectivity index (χ3v) is 6.33. The van der Waals surface area contributed by atoms with Crippen molar-refractivity contribution in [3.63, 3.8) is 0 Å². The summed E-state index contributed by atoms with van der Waals surface area (Å²) in [6.45, 7) is 0.594. The van der Waals surface area contributed by atoms with E-state index in [0.29, 0.717) is 6.54 Å². The fourth-order valence-electron chi connectivity index (χ4n) is 4.36. The lowest BCUT2D eigenvalue weighted by molar-refractivity contribution is -0.142. The van der Waals surface area contributed by atoms with Crippen molar-refractivity contribution < 1.29 is 14.3 Å². The van der Waals surface area contributed by atoms with E-state index >= 15 is 0 Å². The summed E-state index contributed by atoms with van der Waals surface area (Å²) in [7, 11) is 0. The van der Waals surface area contributed by atoms with Crippen LogP contribution in [0.25, 0.3) is 0 Å². The van der Waals surface area contributed by atoms with Crippen LogP contribution in [-0.4, -0.2) is 40.8 Å². The van der Waals surface area contributed by atoms with Gasteiger partial charge < -0.3 is 4.74 Å². The highest BCUT2D eigenvalue weighted by atomic mass is 79.9. The largest absolute Gasteiger partial charge is 0.365 e. The summed E-state index contributed by atoms with van der Waals surface area (Å²) in [6.07, 6.45) is 16.1. The zero-order chi connectivity index (χ0) is 17.6. The molecule has 3 heterocycles. The average molecular weight is 412 g/mol. The Labute approximate surface area is 159 Å². The Balaban J connectivity index is 1.24. The number of imide groups is 1.